The van der Waals surface area contributed by atoms with E-state index in [2.05, 4.69) is 10.6 Å². The molecule has 0 spiro atoms. The van der Waals surface area contributed by atoms with Gasteiger partial charge in [0.2, 0.25) is 5.91 Å². The van der Waals surface area contributed by atoms with Crippen molar-refractivity contribution in [1.29, 1.82) is 0 Å². The molecule has 1 aromatic rings. The van der Waals surface area contributed by atoms with Crippen LogP contribution in [0.1, 0.15) is 12.8 Å². The van der Waals surface area contributed by atoms with E-state index in [1.165, 1.54) is 0 Å². The van der Waals surface area contributed by atoms with Gasteiger partial charge in [0.05, 0.1) is 6.04 Å². The number of carbonyl (C=O) groups is 1. The maximum atomic E-state index is 12.9. The fourth-order valence-corrected chi connectivity index (χ4v) is 1.77. The SMILES string of the molecule is Cl.O=C(Nc1cc(F)c(F)c(F)c1)C1CCCN1. The monoisotopic (exact) mass is 280 g/mol. The topological polar surface area (TPSA) is 41.1 Å². The van der Waals surface area contributed by atoms with E-state index in [1.807, 2.05) is 0 Å². The summed E-state index contributed by atoms with van der Waals surface area (Å²) in [5.41, 5.74) is -0.0832. The summed E-state index contributed by atoms with van der Waals surface area (Å²) in [4.78, 5) is 11.6. The summed E-state index contributed by atoms with van der Waals surface area (Å²) < 4.78 is 38.4. The van der Waals surface area contributed by atoms with E-state index >= 15 is 0 Å². The zero-order chi connectivity index (χ0) is 12.4. The Morgan fingerprint density at radius 1 is 1.28 bits per heavy atom. The second-order valence-corrected chi connectivity index (χ2v) is 3.89. The lowest BCUT2D eigenvalue weighted by molar-refractivity contribution is -0.117. The molecular weight excluding hydrogens is 269 g/mol. The highest BCUT2D eigenvalue weighted by Gasteiger charge is 2.22. The van der Waals surface area contributed by atoms with Crippen LogP contribution in [0.2, 0.25) is 0 Å². The van der Waals surface area contributed by atoms with Crippen molar-refractivity contribution >= 4 is 24.0 Å². The minimum atomic E-state index is -1.54. The zero-order valence-corrected chi connectivity index (χ0v) is 10.1. The van der Waals surface area contributed by atoms with Gasteiger partial charge in [-0.2, -0.15) is 0 Å². The van der Waals surface area contributed by atoms with Crippen molar-refractivity contribution in [2.75, 3.05) is 11.9 Å². The van der Waals surface area contributed by atoms with Crippen LogP contribution in [0.25, 0.3) is 0 Å². The van der Waals surface area contributed by atoms with Crippen LogP contribution < -0.4 is 10.6 Å². The highest BCUT2D eigenvalue weighted by Crippen LogP contribution is 2.18. The molecule has 1 aliphatic rings. The van der Waals surface area contributed by atoms with Gasteiger partial charge < -0.3 is 10.6 Å². The molecule has 2 rings (SSSR count). The van der Waals surface area contributed by atoms with Crippen molar-refractivity contribution in [3.05, 3.63) is 29.6 Å². The van der Waals surface area contributed by atoms with Gasteiger partial charge in [-0.05, 0) is 19.4 Å². The van der Waals surface area contributed by atoms with Crippen LogP contribution in [-0.2, 0) is 4.79 Å². The molecule has 0 bridgehead atoms. The molecule has 1 fully saturated rings. The number of nitrogens with one attached hydrogen (secondary N) is 2. The second-order valence-electron chi connectivity index (χ2n) is 3.89. The maximum Gasteiger partial charge on any atom is 0.241 e. The van der Waals surface area contributed by atoms with E-state index in [4.69, 9.17) is 0 Å². The first-order valence-electron chi connectivity index (χ1n) is 5.26. The smallest absolute Gasteiger partial charge is 0.241 e. The second kappa shape index (κ2) is 6.06. The quantitative estimate of drug-likeness (QED) is 0.816. The molecule has 0 aliphatic carbocycles. The molecule has 0 saturated carbocycles. The number of halogens is 4. The first-order chi connectivity index (χ1) is 8.08. The molecule has 1 aromatic carbocycles. The molecule has 0 aromatic heterocycles. The summed E-state index contributed by atoms with van der Waals surface area (Å²) in [6, 6.07) is 1.16. The van der Waals surface area contributed by atoms with Crippen molar-refractivity contribution in [2.24, 2.45) is 0 Å². The van der Waals surface area contributed by atoms with Gasteiger partial charge in [-0.1, -0.05) is 0 Å². The van der Waals surface area contributed by atoms with E-state index in [-0.39, 0.29) is 30.0 Å². The Kier molecular flexibility index (Phi) is 4.98. The number of rotatable bonds is 2. The lowest BCUT2D eigenvalue weighted by atomic mass is 10.2. The Hall–Kier alpha value is -1.27. The van der Waals surface area contributed by atoms with Crippen LogP contribution in [0.5, 0.6) is 0 Å². The normalized spacial score (nSPS) is 18.3. The van der Waals surface area contributed by atoms with E-state index in [0.717, 1.165) is 25.1 Å². The Morgan fingerprint density at radius 2 is 1.89 bits per heavy atom. The zero-order valence-electron chi connectivity index (χ0n) is 9.30. The third-order valence-electron chi connectivity index (χ3n) is 2.63. The first-order valence-corrected chi connectivity index (χ1v) is 5.26. The van der Waals surface area contributed by atoms with Gasteiger partial charge in [0.15, 0.2) is 17.5 Å². The van der Waals surface area contributed by atoms with Crippen LogP contribution in [0.4, 0.5) is 18.9 Å². The molecule has 18 heavy (non-hydrogen) atoms. The average Bonchev–Trinajstić information content (AvgIpc) is 2.79. The van der Waals surface area contributed by atoms with E-state index in [1.54, 1.807) is 0 Å². The van der Waals surface area contributed by atoms with E-state index < -0.39 is 17.5 Å². The minimum Gasteiger partial charge on any atom is -0.325 e. The van der Waals surface area contributed by atoms with Crippen molar-refractivity contribution in [3.63, 3.8) is 0 Å². The van der Waals surface area contributed by atoms with Crippen LogP contribution in [-0.4, -0.2) is 18.5 Å². The number of hydrogen-bond donors (Lipinski definition) is 2. The summed E-state index contributed by atoms with van der Waals surface area (Å²) >= 11 is 0. The van der Waals surface area contributed by atoms with Crippen molar-refractivity contribution in [3.8, 4) is 0 Å². The highest BCUT2D eigenvalue weighted by atomic mass is 35.5. The Labute approximate surface area is 108 Å². The number of carbonyl (C=O) groups excluding carboxylic acids is 1. The average molecular weight is 281 g/mol. The van der Waals surface area contributed by atoms with Crippen molar-refractivity contribution in [1.82, 2.24) is 5.32 Å². The predicted octanol–water partition coefficient (Wildman–Crippen LogP) is 2.22. The summed E-state index contributed by atoms with van der Waals surface area (Å²) in [7, 11) is 0. The largest absolute Gasteiger partial charge is 0.325 e. The molecule has 3 nitrogen and oxygen atoms in total. The molecule has 1 amide bonds. The Balaban J connectivity index is 0.00000162. The van der Waals surface area contributed by atoms with Gasteiger partial charge in [-0.3, -0.25) is 4.79 Å². The van der Waals surface area contributed by atoms with Gasteiger partial charge in [0.1, 0.15) is 0 Å². The summed E-state index contributed by atoms with van der Waals surface area (Å²) in [5.74, 6) is -4.55. The number of benzene rings is 1. The van der Waals surface area contributed by atoms with Crippen LogP contribution in [0, 0.1) is 17.5 Å². The maximum absolute atomic E-state index is 12.9. The summed E-state index contributed by atoms with van der Waals surface area (Å²) in [5, 5.41) is 5.29. The summed E-state index contributed by atoms with van der Waals surface area (Å²) in [6.07, 6.45) is 1.56. The third-order valence-corrected chi connectivity index (χ3v) is 2.63. The van der Waals surface area contributed by atoms with Gasteiger partial charge in [0, 0.05) is 17.8 Å². The molecule has 1 aliphatic heterocycles. The molecule has 7 heteroatoms. The van der Waals surface area contributed by atoms with Gasteiger partial charge >= 0.3 is 0 Å². The lowest BCUT2D eigenvalue weighted by Crippen LogP contribution is -2.35. The number of amides is 1. The third kappa shape index (κ3) is 3.14. The minimum absolute atomic E-state index is 0. The predicted molar refractivity (Wildman–Crippen MR) is 63.2 cm³/mol. The Bertz CT molecular complexity index is 427. The van der Waals surface area contributed by atoms with Crippen molar-refractivity contribution in [2.45, 2.75) is 18.9 Å². The van der Waals surface area contributed by atoms with Crippen LogP contribution in [0.15, 0.2) is 12.1 Å². The van der Waals surface area contributed by atoms with Gasteiger partial charge in [-0.25, -0.2) is 13.2 Å². The highest BCUT2D eigenvalue weighted by molar-refractivity contribution is 5.95. The first kappa shape index (κ1) is 14.8. The molecule has 2 N–H and O–H groups in total. The van der Waals surface area contributed by atoms with E-state index in [9.17, 15) is 18.0 Å². The van der Waals surface area contributed by atoms with Crippen LogP contribution in [0.3, 0.4) is 0 Å². The van der Waals surface area contributed by atoms with Gasteiger partial charge in [-0.15, -0.1) is 12.4 Å². The van der Waals surface area contributed by atoms with Crippen LogP contribution >= 0.6 is 12.4 Å². The molecule has 1 saturated heterocycles. The standard InChI is InChI=1S/C11H11F3N2O.ClH/c12-7-4-6(5-8(13)10(7)14)16-11(17)9-2-1-3-15-9;/h4-5,9,15H,1-3H2,(H,16,17);1H. The molecule has 1 unspecified atom stereocenters. The Morgan fingerprint density at radius 3 is 2.39 bits per heavy atom. The number of hydrogen-bond acceptors (Lipinski definition) is 2. The molecular formula is C11H12ClF3N2O. The lowest BCUT2D eigenvalue weighted by Gasteiger charge is -2.11. The summed E-state index contributed by atoms with van der Waals surface area (Å²) in [6.45, 7) is 0.740. The fraction of sp³-hybridized carbons (Fsp3) is 0.364. The van der Waals surface area contributed by atoms with Gasteiger partial charge in [0.25, 0.3) is 0 Å². The molecule has 0 radical (unpaired) electrons. The molecule has 1 heterocycles. The fourth-order valence-electron chi connectivity index (χ4n) is 1.77. The molecule has 1 atom stereocenters. The molecule has 100 valence electrons. The van der Waals surface area contributed by atoms with E-state index in [0.29, 0.717) is 6.42 Å². The number of anilines is 1. The van der Waals surface area contributed by atoms with Crippen molar-refractivity contribution < 1.29 is 18.0 Å².